The molecule has 1 aromatic heterocycles. The van der Waals surface area contributed by atoms with Crippen LogP contribution < -0.4 is 10.1 Å². The summed E-state index contributed by atoms with van der Waals surface area (Å²) in [5.41, 5.74) is -1.58. The largest absolute Gasteiger partial charge is 0.489 e. The summed E-state index contributed by atoms with van der Waals surface area (Å²) >= 11 is 0.827. The van der Waals surface area contributed by atoms with Gasteiger partial charge in [0.05, 0.1) is 10.4 Å². The lowest BCUT2D eigenvalue weighted by Crippen LogP contribution is -2.15. The average molecular weight is 440 g/mol. The molecule has 3 aromatic rings. The number of nitrogens with one attached hydrogen (secondary N) is 1. The maximum absolute atomic E-state index is 13.8. The third-order valence-electron chi connectivity index (χ3n) is 3.85. The zero-order chi connectivity index (χ0) is 21.9. The minimum absolute atomic E-state index is 0.0512. The van der Waals surface area contributed by atoms with E-state index in [2.05, 4.69) is 16.9 Å². The standard InChI is InChI=1S/C20H13F5N2O2S/c1-2-8-29-15-7-6-11(20(23,24)25)9-12(15)16-10-26-19(30-16)27-18(28)17-13(21)4-3-5-14(17)22/h2-7,9-10H,1,8H2,(H,26,27,28). The molecule has 2 aromatic carbocycles. The number of amides is 1. The molecule has 30 heavy (non-hydrogen) atoms. The molecule has 0 unspecified atom stereocenters. The number of rotatable bonds is 6. The molecular weight excluding hydrogens is 427 g/mol. The first-order valence-electron chi connectivity index (χ1n) is 8.37. The average Bonchev–Trinajstić information content (AvgIpc) is 3.13. The first kappa shape index (κ1) is 21.4. The fourth-order valence-corrected chi connectivity index (χ4v) is 3.34. The third kappa shape index (κ3) is 4.65. The minimum Gasteiger partial charge on any atom is -0.489 e. The van der Waals surface area contributed by atoms with Crippen LogP contribution in [0, 0.1) is 11.6 Å². The van der Waals surface area contributed by atoms with E-state index in [0.717, 1.165) is 41.7 Å². The second-order valence-electron chi connectivity index (χ2n) is 5.89. The summed E-state index contributed by atoms with van der Waals surface area (Å²) in [6.07, 6.45) is -1.91. The summed E-state index contributed by atoms with van der Waals surface area (Å²) in [5, 5.41) is 2.20. The quantitative estimate of drug-likeness (QED) is 0.382. The molecule has 4 nitrogen and oxygen atoms in total. The second kappa shape index (κ2) is 8.62. The molecule has 0 saturated carbocycles. The topological polar surface area (TPSA) is 51.2 Å². The maximum atomic E-state index is 13.8. The van der Waals surface area contributed by atoms with Gasteiger partial charge in [-0.25, -0.2) is 13.8 Å². The van der Waals surface area contributed by atoms with Crippen molar-refractivity contribution in [2.24, 2.45) is 0 Å². The first-order chi connectivity index (χ1) is 14.2. The van der Waals surface area contributed by atoms with Crippen LogP contribution in [0.4, 0.5) is 27.1 Å². The fraction of sp³-hybridized carbons (Fsp3) is 0.100. The number of ether oxygens (including phenoxy) is 1. The maximum Gasteiger partial charge on any atom is 0.416 e. The fourth-order valence-electron chi connectivity index (χ4n) is 2.50. The number of nitrogens with zero attached hydrogens (tertiary/aromatic N) is 1. The van der Waals surface area contributed by atoms with E-state index in [1.165, 1.54) is 18.3 Å². The van der Waals surface area contributed by atoms with Crippen LogP contribution in [-0.4, -0.2) is 17.5 Å². The summed E-state index contributed by atoms with van der Waals surface area (Å²) in [4.78, 5) is 16.4. The Morgan fingerprint density at radius 3 is 2.53 bits per heavy atom. The monoisotopic (exact) mass is 440 g/mol. The predicted octanol–water partition coefficient (Wildman–Crippen LogP) is 5.92. The summed E-state index contributed by atoms with van der Waals surface area (Å²) in [6, 6.07) is 5.92. The van der Waals surface area contributed by atoms with Crippen molar-refractivity contribution in [2.45, 2.75) is 6.18 Å². The van der Waals surface area contributed by atoms with Crippen molar-refractivity contribution in [3.63, 3.8) is 0 Å². The van der Waals surface area contributed by atoms with Gasteiger partial charge in [0.15, 0.2) is 5.13 Å². The highest BCUT2D eigenvalue weighted by Crippen LogP contribution is 2.40. The second-order valence-corrected chi connectivity index (χ2v) is 6.92. The van der Waals surface area contributed by atoms with Crippen molar-refractivity contribution in [3.05, 3.63) is 78.0 Å². The minimum atomic E-state index is -4.57. The van der Waals surface area contributed by atoms with E-state index in [9.17, 15) is 26.7 Å². The van der Waals surface area contributed by atoms with E-state index < -0.39 is 34.8 Å². The van der Waals surface area contributed by atoms with E-state index >= 15 is 0 Å². The number of alkyl halides is 3. The molecule has 0 saturated heterocycles. The Hall–Kier alpha value is -3.27. The van der Waals surface area contributed by atoms with Gasteiger partial charge < -0.3 is 4.74 Å². The van der Waals surface area contributed by atoms with Crippen LogP contribution in [0.1, 0.15) is 15.9 Å². The van der Waals surface area contributed by atoms with Gasteiger partial charge in [0, 0.05) is 11.8 Å². The van der Waals surface area contributed by atoms with Crippen LogP contribution in [-0.2, 0) is 6.18 Å². The van der Waals surface area contributed by atoms with Crippen LogP contribution >= 0.6 is 11.3 Å². The molecule has 0 atom stereocenters. The van der Waals surface area contributed by atoms with Crippen molar-refractivity contribution in [1.29, 1.82) is 0 Å². The van der Waals surface area contributed by atoms with Gasteiger partial charge in [-0.2, -0.15) is 13.2 Å². The van der Waals surface area contributed by atoms with Gasteiger partial charge in [-0.3, -0.25) is 10.1 Å². The Balaban J connectivity index is 1.93. The lowest BCUT2D eigenvalue weighted by Gasteiger charge is -2.12. The molecule has 0 aliphatic carbocycles. The number of benzene rings is 2. The number of carbonyl (C=O) groups excluding carboxylic acids is 1. The van der Waals surface area contributed by atoms with Gasteiger partial charge in [-0.1, -0.05) is 30.1 Å². The molecule has 0 aliphatic rings. The normalized spacial score (nSPS) is 11.2. The predicted molar refractivity (Wildman–Crippen MR) is 103 cm³/mol. The molecule has 3 rings (SSSR count). The van der Waals surface area contributed by atoms with Crippen molar-refractivity contribution in [1.82, 2.24) is 4.98 Å². The SMILES string of the molecule is C=CCOc1ccc(C(F)(F)F)cc1-c1cnc(NC(=O)c2c(F)cccc2F)s1. The van der Waals surface area contributed by atoms with Gasteiger partial charge in [-0.15, -0.1) is 0 Å². The van der Waals surface area contributed by atoms with E-state index in [-0.39, 0.29) is 27.9 Å². The third-order valence-corrected chi connectivity index (χ3v) is 4.79. The Morgan fingerprint density at radius 2 is 1.90 bits per heavy atom. The number of thiazole rings is 1. The van der Waals surface area contributed by atoms with E-state index in [1.807, 2.05) is 0 Å². The molecule has 1 heterocycles. The lowest BCUT2D eigenvalue weighted by molar-refractivity contribution is -0.137. The first-order valence-corrected chi connectivity index (χ1v) is 9.19. The Kier molecular flexibility index (Phi) is 6.16. The summed E-state index contributed by atoms with van der Waals surface area (Å²) in [6.45, 7) is 3.55. The van der Waals surface area contributed by atoms with Gasteiger partial charge in [0.1, 0.15) is 29.6 Å². The van der Waals surface area contributed by atoms with Crippen LogP contribution in [0.25, 0.3) is 10.4 Å². The Labute approximate surface area is 171 Å². The number of aromatic nitrogens is 1. The number of hydrogen-bond acceptors (Lipinski definition) is 4. The van der Waals surface area contributed by atoms with E-state index in [4.69, 9.17) is 4.74 Å². The highest BCUT2D eigenvalue weighted by Gasteiger charge is 2.31. The van der Waals surface area contributed by atoms with Gasteiger partial charge in [0.25, 0.3) is 5.91 Å². The van der Waals surface area contributed by atoms with E-state index in [0.29, 0.717) is 0 Å². The summed E-state index contributed by atoms with van der Waals surface area (Å²) in [7, 11) is 0. The molecule has 0 aliphatic heterocycles. The lowest BCUT2D eigenvalue weighted by atomic mass is 10.1. The van der Waals surface area contributed by atoms with Crippen molar-refractivity contribution in [2.75, 3.05) is 11.9 Å². The van der Waals surface area contributed by atoms with Crippen LogP contribution in [0.2, 0.25) is 0 Å². The molecule has 0 spiro atoms. The Morgan fingerprint density at radius 1 is 1.20 bits per heavy atom. The smallest absolute Gasteiger partial charge is 0.416 e. The van der Waals surface area contributed by atoms with Gasteiger partial charge in [-0.05, 0) is 30.3 Å². The molecule has 0 fully saturated rings. The van der Waals surface area contributed by atoms with E-state index in [1.54, 1.807) is 0 Å². The number of hydrogen-bond donors (Lipinski definition) is 1. The number of carbonyl (C=O) groups is 1. The molecule has 0 bridgehead atoms. The zero-order valence-corrected chi connectivity index (χ0v) is 15.9. The molecule has 156 valence electrons. The molecule has 0 radical (unpaired) electrons. The molecule has 10 heteroatoms. The van der Waals surface area contributed by atoms with Gasteiger partial charge in [0.2, 0.25) is 0 Å². The highest BCUT2D eigenvalue weighted by molar-refractivity contribution is 7.19. The van der Waals surface area contributed by atoms with Crippen LogP contribution in [0.3, 0.4) is 0 Å². The van der Waals surface area contributed by atoms with Crippen LogP contribution in [0.15, 0.2) is 55.3 Å². The summed E-state index contributed by atoms with van der Waals surface area (Å²) in [5.74, 6) is -3.02. The van der Waals surface area contributed by atoms with Crippen molar-refractivity contribution in [3.8, 4) is 16.2 Å². The number of halogens is 5. The molecule has 1 N–H and O–H groups in total. The molecule has 1 amide bonds. The summed E-state index contributed by atoms with van der Waals surface area (Å²) < 4.78 is 72.2. The number of anilines is 1. The van der Waals surface area contributed by atoms with Crippen molar-refractivity contribution < 1.29 is 31.5 Å². The highest BCUT2D eigenvalue weighted by atomic mass is 32.1. The molecular formula is C20H13F5N2O2S. The zero-order valence-electron chi connectivity index (χ0n) is 15.1. The van der Waals surface area contributed by atoms with Crippen LogP contribution in [0.5, 0.6) is 5.75 Å². The Bertz CT molecular complexity index is 1070. The van der Waals surface area contributed by atoms with Crippen molar-refractivity contribution >= 4 is 22.4 Å². The van der Waals surface area contributed by atoms with Gasteiger partial charge >= 0.3 is 6.18 Å².